The Kier molecular flexibility index (Phi) is 5.51. The first kappa shape index (κ1) is 15.3. The van der Waals surface area contributed by atoms with Crippen molar-refractivity contribution in [3.05, 3.63) is 48.0 Å². The van der Waals surface area contributed by atoms with Crippen molar-refractivity contribution in [2.75, 3.05) is 7.11 Å². The Bertz CT molecular complexity index is 559. The quantitative estimate of drug-likeness (QED) is 0.848. The largest absolute Gasteiger partial charge is 0.493 e. The van der Waals surface area contributed by atoms with Gasteiger partial charge in [-0.2, -0.15) is 0 Å². The van der Waals surface area contributed by atoms with Gasteiger partial charge < -0.3 is 14.8 Å². The van der Waals surface area contributed by atoms with Gasteiger partial charge in [0.05, 0.1) is 7.11 Å². The lowest BCUT2D eigenvalue weighted by Gasteiger charge is -2.13. The predicted octanol–water partition coefficient (Wildman–Crippen LogP) is 2.56. The van der Waals surface area contributed by atoms with Gasteiger partial charge in [-0.15, -0.1) is 0 Å². The van der Waals surface area contributed by atoms with Gasteiger partial charge in [-0.3, -0.25) is 0 Å². The van der Waals surface area contributed by atoms with E-state index < -0.39 is 0 Å². The van der Waals surface area contributed by atoms with Crippen LogP contribution in [0.3, 0.4) is 0 Å². The molecule has 0 aliphatic heterocycles. The van der Waals surface area contributed by atoms with Crippen LogP contribution >= 0.6 is 0 Å². The zero-order valence-corrected chi connectivity index (χ0v) is 12.7. The minimum Gasteiger partial charge on any atom is -0.493 e. The molecule has 1 aromatic heterocycles. The highest BCUT2D eigenvalue weighted by molar-refractivity contribution is 5.43. The minimum atomic E-state index is 0.320. The average molecular weight is 287 g/mol. The molecule has 0 aliphatic rings. The molecule has 5 nitrogen and oxygen atoms in total. The standard InChI is InChI=1S/C16H21N3O2/c1-12(2)19-10-13-5-6-14(15(9-13)20-3)21-11-16-17-7-4-8-18-16/h4-9,12,19H,10-11H2,1-3H3. The van der Waals surface area contributed by atoms with E-state index in [9.17, 15) is 0 Å². The van der Waals surface area contributed by atoms with Crippen LogP contribution in [0.4, 0.5) is 0 Å². The third-order valence-electron chi connectivity index (χ3n) is 2.92. The number of nitrogens with one attached hydrogen (secondary N) is 1. The Morgan fingerprint density at radius 2 is 1.90 bits per heavy atom. The Balaban J connectivity index is 2.02. The van der Waals surface area contributed by atoms with Gasteiger partial charge in [0.25, 0.3) is 0 Å². The average Bonchev–Trinajstić information content (AvgIpc) is 2.52. The maximum atomic E-state index is 5.72. The van der Waals surface area contributed by atoms with E-state index in [-0.39, 0.29) is 0 Å². The molecule has 0 saturated heterocycles. The third kappa shape index (κ3) is 4.72. The van der Waals surface area contributed by atoms with E-state index in [1.165, 1.54) is 0 Å². The highest BCUT2D eigenvalue weighted by Gasteiger charge is 2.07. The molecule has 0 fully saturated rings. The van der Waals surface area contributed by atoms with Crippen molar-refractivity contribution < 1.29 is 9.47 Å². The maximum absolute atomic E-state index is 5.72. The normalized spacial score (nSPS) is 10.7. The molecule has 0 spiro atoms. The van der Waals surface area contributed by atoms with Crippen LogP contribution in [0.1, 0.15) is 25.2 Å². The highest BCUT2D eigenvalue weighted by Crippen LogP contribution is 2.28. The summed E-state index contributed by atoms with van der Waals surface area (Å²) < 4.78 is 11.1. The topological polar surface area (TPSA) is 56.3 Å². The van der Waals surface area contributed by atoms with Gasteiger partial charge in [-0.05, 0) is 23.8 Å². The molecule has 112 valence electrons. The smallest absolute Gasteiger partial charge is 0.166 e. The van der Waals surface area contributed by atoms with Gasteiger partial charge in [0.1, 0.15) is 6.61 Å². The van der Waals surface area contributed by atoms with Gasteiger partial charge in [-0.1, -0.05) is 19.9 Å². The van der Waals surface area contributed by atoms with E-state index in [1.54, 1.807) is 25.6 Å². The van der Waals surface area contributed by atoms with Gasteiger partial charge in [-0.25, -0.2) is 9.97 Å². The van der Waals surface area contributed by atoms with Crippen LogP contribution in [0.15, 0.2) is 36.7 Å². The van der Waals surface area contributed by atoms with Crippen LogP contribution in [0.2, 0.25) is 0 Å². The van der Waals surface area contributed by atoms with Crippen molar-refractivity contribution in [3.63, 3.8) is 0 Å². The number of benzene rings is 1. The summed E-state index contributed by atoms with van der Waals surface area (Å²) >= 11 is 0. The molecule has 1 heterocycles. The van der Waals surface area contributed by atoms with Crippen molar-refractivity contribution in [2.24, 2.45) is 0 Å². The lowest BCUT2D eigenvalue weighted by Crippen LogP contribution is -2.21. The summed E-state index contributed by atoms with van der Waals surface area (Å²) in [5, 5.41) is 3.37. The van der Waals surface area contributed by atoms with Crippen LogP contribution in [-0.4, -0.2) is 23.1 Å². The van der Waals surface area contributed by atoms with Gasteiger partial charge in [0.15, 0.2) is 17.3 Å². The highest BCUT2D eigenvalue weighted by atomic mass is 16.5. The van der Waals surface area contributed by atoms with Gasteiger partial charge in [0, 0.05) is 25.0 Å². The fourth-order valence-electron chi connectivity index (χ4n) is 1.81. The molecule has 2 aromatic rings. The van der Waals surface area contributed by atoms with E-state index >= 15 is 0 Å². The van der Waals surface area contributed by atoms with Gasteiger partial charge in [0.2, 0.25) is 0 Å². The van der Waals surface area contributed by atoms with Crippen LogP contribution in [0.25, 0.3) is 0 Å². The lowest BCUT2D eigenvalue weighted by molar-refractivity contribution is 0.276. The lowest BCUT2D eigenvalue weighted by atomic mass is 10.2. The van der Waals surface area contributed by atoms with E-state index in [0.29, 0.717) is 30.0 Å². The third-order valence-corrected chi connectivity index (χ3v) is 2.92. The van der Waals surface area contributed by atoms with Gasteiger partial charge >= 0.3 is 0 Å². The number of ether oxygens (including phenoxy) is 2. The second-order valence-corrected chi connectivity index (χ2v) is 4.97. The van der Waals surface area contributed by atoms with Crippen molar-refractivity contribution in [1.29, 1.82) is 0 Å². The number of aromatic nitrogens is 2. The fraction of sp³-hybridized carbons (Fsp3) is 0.375. The number of hydrogen-bond donors (Lipinski definition) is 1. The molecule has 1 aromatic carbocycles. The summed E-state index contributed by atoms with van der Waals surface area (Å²) in [5.74, 6) is 2.05. The molecule has 5 heteroatoms. The molecule has 0 amide bonds. The molecule has 0 unspecified atom stereocenters. The zero-order chi connectivity index (χ0) is 15.1. The SMILES string of the molecule is COc1cc(CNC(C)C)ccc1OCc1ncccn1. The summed E-state index contributed by atoms with van der Waals surface area (Å²) in [5.41, 5.74) is 1.16. The Morgan fingerprint density at radius 3 is 2.57 bits per heavy atom. The number of hydrogen-bond acceptors (Lipinski definition) is 5. The number of methoxy groups -OCH3 is 1. The molecule has 1 N–H and O–H groups in total. The Morgan fingerprint density at radius 1 is 1.14 bits per heavy atom. The monoisotopic (exact) mass is 287 g/mol. The molecule has 0 bridgehead atoms. The summed E-state index contributed by atoms with van der Waals surface area (Å²) in [7, 11) is 1.64. The van der Waals surface area contributed by atoms with E-state index in [2.05, 4.69) is 29.1 Å². The first-order chi connectivity index (χ1) is 10.2. The molecule has 0 aliphatic carbocycles. The van der Waals surface area contributed by atoms with E-state index in [1.807, 2.05) is 18.2 Å². The second-order valence-electron chi connectivity index (χ2n) is 4.97. The van der Waals surface area contributed by atoms with Crippen LogP contribution in [-0.2, 0) is 13.2 Å². The number of rotatable bonds is 7. The molecule has 0 atom stereocenters. The Hall–Kier alpha value is -2.14. The van der Waals surface area contributed by atoms with E-state index in [0.717, 1.165) is 12.1 Å². The fourth-order valence-corrected chi connectivity index (χ4v) is 1.81. The van der Waals surface area contributed by atoms with Crippen molar-refractivity contribution in [3.8, 4) is 11.5 Å². The van der Waals surface area contributed by atoms with Crippen LogP contribution in [0, 0.1) is 0 Å². The summed E-state index contributed by atoms with van der Waals surface area (Å²) in [4.78, 5) is 8.26. The second kappa shape index (κ2) is 7.59. The first-order valence-electron chi connectivity index (χ1n) is 6.98. The summed E-state index contributed by atoms with van der Waals surface area (Å²) in [6, 6.07) is 8.15. The van der Waals surface area contributed by atoms with Crippen molar-refractivity contribution in [1.82, 2.24) is 15.3 Å². The first-order valence-corrected chi connectivity index (χ1v) is 6.98. The predicted molar refractivity (Wildman–Crippen MR) is 81.3 cm³/mol. The molecule has 0 radical (unpaired) electrons. The minimum absolute atomic E-state index is 0.320. The number of nitrogens with zero attached hydrogens (tertiary/aromatic N) is 2. The molecular weight excluding hydrogens is 266 g/mol. The van der Waals surface area contributed by atoms with Crippen molar-refractivity contribution in [2.45, 2.75) is 33.0 Å². The van der Waals surface area contributed by atoms with Crippen LogP contribution < -0.4 is 14.8 Å². The van der Waals surface area contributed by atoms with E-state index in [4.69, 9.17) is 9.47 Å². The molecular formula is C16H21N3O2. The Labute approximate surface area is 125 Å². The van der Waals surface area contributed by atoms with Crippen molar-refractivity contribution >= 4 is 0 Å². The summed E-state index contributed by atoms with van der Waals surface area (Å²) in [6.07, 6.45) is 3.40. The summed E-state index contributed by atoms with van der Waals surface area (Å²) in [6.45, 7) is 5.36. The molecule has 2 rings (SSSR count). The zero-order valence-electron chi connectivity index (χ0n) is 12.7. The van der Waals surface area contributed by atoms with Crippen LogP contribution in [0.5, 0.6) is 11.5 Å². The molecule has 0 saturated carbocycles. The maximum Gasteiger partial charge on any atom is 0.166 e. The molecule has 21 heavy (non-hydrogen) atoms.